The molecule has 0 radical (unpaired) electrons. The van der Waals surface area contributed by atoms with Crippen LogP contribution in [0.5, 0.6) is 0 Å². The molecule has 0 aliphatic rings. The van der Waals surface area contributed by atoms with Crippen molar-refractivity contribution in [2.45, 2.75) is 19.8 Å². The first kappa shape index (κ1) is 15.9. The summed E-state index contributed by atoms with van der Waals surface area (Å²) in [7, 11) is 3.76. The molecule has 1 heterocycles. The number of carboxylic acids is 1. The molecule has 1 unspecified atom stereocenters. The van der Waals surface area contributed by atoms with Crippen molar-refractivity contribution < 1.29 is 14.7 Å². The summed E-state index contributed by atoms with van der Waals surface area (Å²) < 4.78 is 0. The molecule has 20 heavy (non-hydrogen) atoms. The zero-order valence-corrected chi connectivity index (χ0v) is 12.1. The lowest BCUT2D eigenvalue weighted by Crippen LogP contribution is -2.28. The summed E-state index contributed by atoms with van der Waals surface area (Å²) in [4.78, 5) is 28.4. The fourth-order valence-electron chi connectivity index (χ4n) is 1.63. The van der Waals surface area contributed by atoms with E-state index >= 15 is 0 Å². The number of aromatic nitrogens is 1. The summed E-state index contributed by atoms with van der Waals surface area (Å²) in [6.07, 6.45) is 2.20. The van der Waals surface area contributed by atoms with Gasteiger partial charge in [-0.2, -0.15) is 0 Å². The van der Waals surface area contributed by atoms with Gasteiger partial charge in [-0.3, -0.25) is 9.59 Å². The molecule has 0 saturated carbocycles. The van der Waals surface area contributed by atoms with Crippen LogP contribution in [0, 0.1) is 5.92 Å². The Morgan fingerprint density at radius 1 is 1.40 bits per heavy atom. The van der Waals surface area contributed by atoms with Gasteiger partial charge in [0.25, 0.3) is 5.91 Å². The van der Waals surface area contributed by atoms with Crippen molar-refractivity contribution in [2.24, 2.45) is 5.92 Å². The van der Waals surface area contributed by atoms with E-state index in [9.17, 15) is 9.59 Å². The Morgan fingerprint density at radius 3 is 2.60 bits per heavy atom. The van der Waals surface area contributed by atoms with Gasteiger partial charge >= 0.3 is 5.97 Å². The lowest BCUT2D eigenvalue weighted by atomic mass is 10.1. The molecule has 110 valence electrons. The van der Waals surface area contributed by atoms with Crippen LogP contribution in [-0.4, -0.2) is 42.6 Å². The Labute approximate surface area is 118 Å². The molecule has 0 fully saturated rings. The number of anilines is 1. The monoisotopic (exact) mass is 279 g/mol. The summed E-state index contributed by atoms with van der Waals surface area (Å²) in [6.45, 7) is 2.37. The minimum absolute atomic E-state index is 0.121. The average Bonchev–Trinajstić information content (AvgIpc) is 2.42. The standard InChI is InChI=1S/C14H21N3O3/c1-10(4-7-13(18)19)8-16-14(20)11-5-6-12(15-9-11)17(2)3/h5-6,9-10H,4,7-8H2,1-3H3,(H,16,20)(H,18,19). The van der Waals surface area contributed by atoms with Gasteiger partial charge in [0.1, 0.15) is 5.82 Å². The predicted octanol–water partition coefficient (Wildman–Crippen LogP) is 1.38. The maximum absolute atomic E-state index is 11.9. The van der Waals surface area contributed by atoms with Crippen molar-refractivity contribution >= 4 is 17.7 Å². The van der Waals surface area contributed by atoms with Gasteiger partial charge in [0.15, 0.2) is 0 Å². The van der Waals surface area contributed by atoms with Gasteiger partial charge < -0.3 is 15.3 Å². The second-order valence-corrected chi connectivity index (χ2v) is 5.05. The number of carbonyl (C=O) groups excluding carboxylic acids is 1. The topological polar surface area (TPSA) is 82.5 Å². The number of hydrogen-bond acceptors (Lipinski definition) is 4. The normalized spacial score (nSPS) is 11.8. The van der Waals surface area contributed by atoms with E-state index in [2.05, 4.69) is 10.3 Å². The number of pyridine rings is 1. The van der Waals surface area contributed by atoms with Gasteiger partial charge in [-0.1, -0.05) is 6.92 Å². The Bertz CT molecular complexity index is 457. The van der Waals surface area contributed by atoms with Crippen molar-refractivity contribution in [1.29, 1.82) is 0 Å². The van der Waals surface area contributed by atoms with Crippen LogP contribution in [0.3, 0.4) is 0 Å². The van der Waals surface area contributed by atoms with Crippen LogP contribution in [0.4, 0.5) is 5.82 Å². The molecule has 6 nitrogen and oxygen atoms in total. The lowest BCUT2D eigenvalue weighted by Gasteiger charge is -2.13. The first-order chi connectivity index (χ1) is 9.40. The molecule has 1 rings (SSSR count). The first-order valence-corrected chi connectivity index (χ1v) is 6.53. The van der Waals surface area contributed by atoms with E-state index in [1.807, 2.05) is 25.9 Å². The van der Waals surface area contributed by atoms with Crippen LogP contribution in [-0.2, 0) is 4.79 Å². The zero-order chi connectivity index (χ0) is 15.1. The summed E-state index contributed by atoms with van der Waals surface area (Å²) in [5.74, 6) is -0.0861. The highest BCUT2D eigenvalue weighted by atomic mass is 16.4. The second kappa shape index (κ2) is 7.47. The number of carbonyl (C=O) groups is 2. The molecule has 6 heteroatoms. The molecule has 0 aliphatic heterocycles. The Kier molecular flexibility index (Phi) is 5.96. The minimum atomic E-state index is -0.813. The minimum Gasteiger partial charge on any atom is -0.481 e. The Hall–Kier alpha value is -2.11. The number of carboxylic acid groups (broad SMARTS) is 1. The molecule has 0 aromatic carbocycles. The van der Waals surface area contributed by atoms with E-state index in [1.165, 1.54) is 6.20 Å². The van der Waals surface area contributed by atoms with Crippen molar-refractivity contribution in [1.82, 2.24) is 10.3 Å². The molecule has 0 bridgehead atoms. The van der Waals surface area contributed by atoms with E-state index < -0.39 is 5.97 Å². The summed E-state index contributed by atoms with van der Waals surface area (Å²) in [6, 6.07) is 3.50. The van der Waals surface area contributed by atoms with Gasteiger partial charge in [0.2, 0.25) is 0 Å². The van der Waals surface area contributed by atoms with Gasteiger partial charge in [0.05, 0.1) is 5.56 Å². The van der Waals surface area contributed by atoms with Gasteiger partial charge in [0, 0.05) is 33.3 Å². The fourth-order valence-corrected chi connectivity index (χ4v) is 1.63. The van der Waals surface area contributed by atoms with Crippen LogP contribution < -0.4 is 10.2 Å². The maximum Gasteiger partial charge on any atom is 0.303 e. The van der Waals surface area contributed by atoms with Gasteiger partial charge in [-0.15, -0.1) is 0 Å². The van der Waals surface area contributed by atoms with Crippen molar-refractivity contribution in [3.05, 3.63) is 23.9 Å². The highest BCUT2D eigenvalue weighted by Gasteiger charge is 2.10. The average molecular weight is 279 g/mol. The second-order valence-electron chi connectivity index (χ2n) is 5.05. The number of nitrogens with one attached hydrogen (secondary N) is 1. The number of aliphatic carboxylic acids is 1. The van der Waals surface area contributed by atoms with Gasteiger partial charge in [-0.25, -0.2) is 4.98 Å². The zero-order valence-electron chi connectivity index (χ0n) is 12.1. The molecule has 1 atom stereocenters. The van der Waals surface area contributed by atoms with Crippen LogP contribution in [0.2, 0.25) is 0 Å². The third-order valence-corrected chi connectivity index (χ3v) is 2.93. The van der Waals surface area contributed by atoms with Crippen molar-refractivity contribution in [2.75, 3.05) is 25.5 Å². The molecule has 1 aromatic rings. The number of amides is 1. The predicted molar refractivity (Wildman–Crippen MR) is 76.9 cm³/mol. The molecule has 1 aromatic heterocycles. The molecule has 2 N–H and O–H groups in total. The summed E-state index contributed by atoms with van der Waals surface area (Å²) in [5, 5.41) is 11.4. The van der Waals surface area contributed by atoms with Crippen molar-refractivity contribution in [3.63, 3.8) is 0 Å². The number of rotatable bonds is 7. The first-order valence-electron chi connectivity index (χ1n) is 6.53. The molecule has 1 amide bonds. The Morgan fingerprint density at radius 2 is 2.10 bits per heavy atom. The molecule has 0 aliphatic carbocycles. The van der Waals surface area contributed by atoms with E-state index in [0.29, 0.717) is 18.5 Å². The van der Waals surface area contributed by atoms with E-state index in [4.69, 9.17) is 5.11 Å². The van der Waals surface area contributed by atoms with Crippen LogP contribution in [0.1, 0.15) is 30.1 Å². The van der Waals surface area contributed by atoms with E-state index in [0.717, 1.165) is 5.82 Å². The molecule has 0 saturated heterocycles. The van der Waals surface area contributed by atoms with E-state index in [-0.39, 0.29) is 18.2 Å². The molecular weight excluding hydrogens is 258 g/mol. The quantitative estimate of drug-likeness (QED) is 0.788. The number of nitrogens with zero attached hydrogens (tertiary/aromatic N) is 2. The smallest absolute Gasteiger partial charge is 0.303 e. The SMILES string of the molecule is CC(CCC(=O)O)CNC(=O)c1ccc(N(C)C)nc1. The summed E-state index contributed by atoms with van der Waals surface area (Å²) in [5.41, 5.74) is 0.501. The molecule has 0 spiro atoms. The highest BCUT2D eigenvalue weighted by Crippen LogP contribution is 2.08. The fraction of sp³-hybridized carbons (Fsp3) is 0.500. The van der Waals surface area contributed by atoms with E-state index in [1.54, 1.807) is 12.1 Å². The van der Waals surface area contributed by atoms with Crippen LogP contribution >= 0.6 is 0 Å². The van der Waals surface area contributed by atoms with Crippen LogP contribution in [0.15, 0.2) is 18.3 Å². The number of hydrogen-bond donors (Lipinski definition) is 2. The highest BCUT2D eigenvalue weighted by molar-refractivity contribution is 5.94. The largest absolute Gasteiger partial charge is 0.481 e. The van der Waals surface area contributed by atoms with Gasteiger partial charge in [-0.05, 0) is 24.5 Å². The molecular formula is C14H21N3O3. The van der Waals surface area contributed by atoms with Crippen molar-refractivity contribution in [3.8, 4) is 0 Å². The maximum atomic E-state index is 11.9. The summed E-state index contributed by atoms with van der Waals surface area (Å²) >= 11 is 0. The Balaban J connectivity index is 2.44. The third kappa shape index (κ3) is 5.26. The van der Waals surface area contributed by atoms with Crippen LogP contribution in [0.25, 0.3) is 0 Å². The lowest BCUT2D eigenvalue weighted by molar-refractivity contribution is -0.137. The third-order valence-electron chi connectivity index (χ3n) is 2.93.